The van der Waals surface area contributed by atoms with E-state index in [2.05, 4.69) is 6.92 Å². The fraction of sp³-hybridized carbons (Fsp3) is 0.222. The number of hydrogen-bond donors (Lipinski definition) is 0. The van der Waals surface area contributed by atoms with Crippen LogP contribution < -0.4 is 4.74 Å². The van der Waals surface area contributed by atoms with Crippen LogP contribution in [0.5, 0.6) is 5.75 Å². The minimum absolute atomic E-state index is 0. The SMILES string of the molecule is [CH2]c1ccc(OCC)cc1.[Zn]. The zero-order chi connectivity index (χ0) is 7.40. The van der Waals surface area contributed by atoms with E-state index in [0.717, 1.165) is 17.9 Å². The molecule has 0 atom stereocenters. The molecule has 0 spiro atoms. The summed E-state index contributed by atoms with van der Waals surface area (Å²) in [6, 6.07) is 7.72. The first-order chi connectivity index (χ1) is 4.83. The Morgan fingerprint density at radius 3 is 2.27 bits per heavy atom. The van der Waals surface area contributed by atoms with E-state index < -0.39 is 0 Å². The Labute approximate surface area is 80.5 Å². The van der Waals surface area contributed by atoms with Gasteiger partial charge in [0.15, 0.2) is 0 Å². The second kappa shape index (κ2) is 5.31. The number of rotatable bonds is 2. The predicted molar refractivity (Wildman–Crippen MR) is 42.1 cm³/mol. The van der Waals surface area contributed by atoms with Crippen molar-refractivity contribution >= 4 is 0 Å². The molecule has 0 saturated carbocycles. The molecule has 1 aromatic rings. The van der Waals surface area contributed by atoms with Gasteiger partial charge in [-0.15, -0.1) is 0 Å². The molecule has 0 bridgehead atoms. The summed E-state index contributed by atoms with van der Waals surface area (Å²) in [5.41, 5.74) is 1.02. The van der Waals surface area contributed by atoms with E-state index in [9.17, 15) is 0 Å². The summed E-state index contributed by atoms with van der Waals surface area (Å²) in [5, 5.41) is 0. The maximum atomic E-state index is 5.23. The van der Waals surface area contributed by atoms with Crippen molar-refractivity contribution < 1.29 is 24.2 Å². The van der Waals surface area contributed by atoms with Gasteiger partial charge in [0.1, 0.15) is 5.75 Å². The van der Waals surface area contributed by atoms with Crippen molar-refractivity contribution in [1.82, 2.24) is 0 Å². The van der Waals surface area contributed by atoms with Crippen LogP contribution in [0, 0.1) is 6.92 Å². The fourth-order valence-electron chi connectivity index (χ4n) is 0.752. The Morgan fingerprint density at radius 2 is 1.82 bits per heavy atom. The molecule has 0 N–H and O–H groups in total. The normalized spacial score (nSPS) is 8.55. The number of hydrogen-bond acceptors (Lipinski definition) is 1. The van der Waals surface area contributed by atoms with Gasteiger partial charge < -0.3 is 4.74 Å². The average Bonchev–Trinajstić information content (AvgIpc) is 1.95. The first-order valence-electron chi connectivity index (χ1n) is 3.37. The Morgan fingerprint density at radius 1 is 1.27 bits per heavy atom. The molecule has 0 aliphatic rings. The molecule has 11 heavy (non-hydrogen) atoms. The summed E-state index contributed by atoms with van der Waals surface area (Å²) >= 11 is 0. The number of ether oxygens (including phenoxy) is 1. The summed E-state index contributed by atoms with van der Waals surface area (Å²) in [4.78, 5) is 0. The third kappa shape index (κ3) is 3.52. The fourth-order valence-corrected chi connectivity index (χ4v) is 0.752. The molecular formula is C9H11OZn. The van der Waals surface area contributed by atoms with E-state index in [4.69, 9.17) is 4.74 Å². The summed E-state index contributed by atoms with van der Waals surface area (Å²) in [5.74, 6) is 0.912. The van der Waals surface area contributed by atoms with Crippen molar-refractivity contribution in [3.63, 3.8) is 0 Å². The standard InChI is InChI=1S/C9H11O.Zn/c1-3-10-9-6-4-8(2)5-7-9;/h4-7H,2-3H2,1H3;. The van der Waals surface area contributed by atoms with Gasteiger partial charge in [-0.1, -0.05) is 12.1 Å². The third-order valence-corrected chi connectivity index (χ3v) is 1.23. The molecule has 0 fully saturated rings. The summed E-state index contributed by atoms with van der Waals surface area (Å²) in [7, 11) is 0. The van der Waals surface area contributed by atoms with Crippen molar-refractivity contribution in [2.24, 2.45) is 0 Å². The van der Waals surface area contributed by atoms with Gasteiger partial charge in [0.25, 0.3) is 0 Å². The molecule has 1 aromatic carbocycles. The molecule has 0 heterocycles. The minimum Gasteiger partial charge on any atom is -0.494 e. The van der Waals surface area contributed by atoms with Crippen LogP contribution in [0.3, 0.4) is 0 Å². The quantitative estimate of drug-likeness (QED) is 0.666. The molecule has 1 nitrogen and oxygen atoms in total. The van der Waals surface area contributed by atoms with Crippen LogP contribution in [0.2, 0.25) is 0 Å². The maximum Gasteiger partial charge on any atom is 0.119 e. The zero-order valence-electron chi connectivity index (χ0n) is 6.84. The van der Waals surface area contributed by atoms with Crippen molar-refractivity contribution in [1.29, 1.82) is 0 Å². The Bertz CT molecular complexity index is 193. The topological polar surface area (TPSA) is 9.23 Å². The molecule has 55 valence electrons. The van der Waals surface area contributed by atoms with E-state index in [1.807, 2.05) is 31.2 Å². The summed E-state index contributed by atoms with van der Waals surface area (Å²) < 4.78 is 5.23. The largest absolute Gasteiger partial charge is 0.494 e. The average molecular weight is 201 g/mol. The molecule has 1 rings (SSSR count). The maximum absolute atomic E-state index is 5.23. The van der Waals surface area contributed by atoms with E-state index in [1.54, 1.807) is 0 Å². The molecule has 0 aliphatic heterocycles. The van der Waals surface area contributed by atoms with Gasteiger partial charge in [-0.05, 0) is 31.5 Å². The molecule has 0 aliphatic carbocycles. The van der Waals surface area contributed by atoms with Crippen LogP contribution in [0.15, 0.2) is 24.3 Å². The third-order valence-electron chi connectivity index (χ3n) is 1.23. The molecule has 1 radical (unpaired) electrons. The molecule has 0 aromatic heterocycles. The van der Waals surface area contributed by atoms with Gasteiger partial charge in [-0.3, -0.25) is 0 Å². The van der Waals surface area contributed by atoms with Crippen LogP contribution in [-0.2, 0) is 19.5 Å². The van der Waals surface area contributed by atoms with Gasteiger partial charge in [-0.2, -0.15) is 0 Å². The van der Waals surface area contributed by atoms with Crippen molar-refractivity contribution in [3.05, 3.63) is 36.8 Å². The number of benzene rings is 1. The monoisotopic (exact) mass is 199 g/mol. The van der Waals surface area contributed by atoms with Gasteiger partial charge in [0, 0.05) is 19.5 Å². The van der Waals surface area contributed by atoms with E-state index >= 15 is 0 Å². The van der Waals surface area contributed by atoms with Crippen LogP contribution in [-0.4, -0.2) is 6.61 Å². The van der Waals surface area contributed by atoms with E-state index in [0.29, 0.717) is 0 Å². The Hall–Kier alpha value is -0.357. The Kier molecular flexibility index (Phi) is 5.14. The van der Waals surface area contributed by atoms with Crippen LogP contribution >= 0.6 is 0 Å². The summed E-state index contributed by atoms with van der Waals surface area (Å²) in [6.07, 6.45) is 0. The molecule has 0 amide bonds. The van der Waals surface area contributed by atoms with Gasteiger partial charge in [0.2, 0.25) is 0 Å². The van der Waals surface area contributed by atoms with Crippen LogP contribution in [0.4, 0.5) is 0 Å². The molecular weight excluding hydrogens is 189 g/mol. The smallest absolute Gasteiger partial charge is 0.119 e. The van der Waals surface area contributed by atoms with E-state index in [-0.39, 0.29) is 19.5 Å². The molecule has 2 heteroatoms. The van der Waals surface area contributed by atoms with Gasteiger partial charge in [-0.25, -0.2) is 0 Å². The van der Waals surface area contributed by atoms with Crippen molar-refractivity contribution in [2.75, 3.05) is 6.61 Å². The summed E-state index contributed by atoms with van der Waals surface area (Å²) in [6.45, 7) is 6.46. The predicted octanol–water partition coefficient (Wildman–Crippen LogP) is 2.26. The second-order valence-corrected chi connectivity index (χ2v) is 2.08. The van der Waals surface area contributed by atoms with Crippen molar-refractivity contribution in [3.8, 4) is 5.75 Å². The van der Waals surface area contributed by atoms with Crippen molar-refractivity contribution in [2.45, 2.75) is 6.92 Å². The first kappa shape index (κ1) is 10.6. The molecule has 0 unspecified atom stereocenters. The second-order valence-electron chi connectivity index (χ2n) is 2.08. The Balaban J connectivity index is 0.000001000. The van der Waals surface area contributed by atoms with Gasteiger partial charge in [0.05, 0.1) is 6.61 Å². The van der Waals surface area contributed by atoms with Crippen LogP contribution in [0.25, 0.3) is 0 Å². The first-order valence-corrected chi connectivity index (χ1v) is 3.37. The van der Waals surface area contributed by atoms with Crippen LogP contribution in [0.1, 0.15) is 12.5 Å². The minimum atomic E-state index is 0. The molecule has 0 saturated heterocycles. The van der Waals surface area contributed by atoms with E-state index in [1.165, 1.54) is 0 Å². The van der Waals surface area contributed by atoms with Gasteiger partial charge >= 0.3 is 0 Å². The zero-order valence-corrected chi connectivity index (χ0v) is 9.81.